The molecule has 2 rings (SSSR count). The van der Waals surface area contributed by atoms with Crippen molar-refractivity contribution in [2.75, 3.05) is 12.5 Å². The first-order valence-corrected chi connectivity index (χ1v) is 7.22. The number of ether oxygens (including phenoxy) is 1. The van der Waals surface area contributed by atoms with Crippen LogP contribution < -0.4 is 0 Å². The van der Waals surface area contributed by atoms with Gasteiger partial charge in [0.15, 0.2) is 0 Å². The van der Waals surface area contributed by atoms with Gasteiger partial charge in [-0.2, -0.15) is 0 Å². The van der Waals surface area contributed by atoms with Gasteiger partial charge >= 0.3 is 0 Å². The summed E-state index contributed by atoms with van der Waals surface area (Å²) in [7, 11) is 0. The lowest BCUT2D eigenvalue weighted by atomic mass is 10.0. The highest BCUT2D eigenvalue weighted by Gasteiger charge is 2.13. The maximum absolute atomic E-state index is 5.83. The Bertz CT molecular complexity index is 388. The molecule has 0 saturated carbocycles. The average molecular weight is 277 g/mol. The third kappa shape index (κ3) is 5.06. The van der Waals surface area contributed by atoms with Crippen molar-refractivity contribution >= 4 is 11.6 Å². The van der Waals surface area contributed by atoms with E-state index in [2.05, 4.69) is 24.3 Å². The van der Waals surface area contributed by atoms with E-state index in [9.17, 15) is 0 Å². The molecule has 0 heterocycles. The van der Waals surface area contributed by atoms with Crippen LogP contribution in [0.2, 0.25) is 0 Å². The Morgan fingerprint density at radius 2 is 1.26 bits per heavy atom. The van der Waals surface area contributed by atoms with Crippen molar-refractivity contribution in [1.82, 2.24) is 0 Å². The third-order valence-electron chi connectivity index (χ3n) is 2.57. The van der Waals surface area contributed by atoms with Crippen molar-refractivity contribution in [2.45, 2.75) is 20.0 Å². The van der Waals surface area contributed by atoms with Crippen LogP contribution in [0, 0.1) is 0 Å². The molecule has 0 aliphatic heterocycles. The van der Waals surface area contributed by atoms with E-state index in [0.29, 0.717) is 12.5 Å². The van der Waals surface area contributed by atoms with Gasteiger partial charge < -0.3 is 4.74 Å². The summed E-state index contributed by atoms with van der Waals surface area (Å²) in [6, 6.07) is 20.4. The van der Waals surface area contributed by atoms with Crippen LogP contribution in [0.5, 0.6) is 0 Å². The second-order valence-corrected chi connectivity index (χ2v) is 4.14. The molecule has 2 aromatic rings. The van der Waals surface area contributed by atoms with Gasteiger partial charge in [0.25, 0.3) is 0 Å². The highest BCUT2D eigenvalue weighted by Crippen LogP contribution is 2.25. The van der Waals surface area contributed by atoms with Crippen LogP contribution in [0.4, 0.5) is 0 Å². The molecule has 0 amide bonds. The highest BCUT2D eigenvalue weighted by molar-refractivity contribution is 6.17. The Morgan fingerprint density at radius 1 is 0.842 bits per heavy atom. The molecule has 0 unspecified atom stereocenters. The average Bonchev–Trinajstić information content (AvgIpc) is 2.52. The zero-order valence-electron chi connectivity index (χ0n) is 11.6. The Kier molecular flexibility index (Phi) is 7.95. The summed E-state index contributed by atoms with van der Waals surface area (Å²) in [5, 5.41) is 0. The van der Waals surface area contributed by atoms with Crippen molar-refractivity contribution in [3.8, 4) is 0 Å². The quantitative estimate of drug-likeness (QED) is 0.694. The molecular formula is C17H21ClO. The van der Waals surface area contributed by atoms with Crippen LogP contribution in [0.25, 0.3) is 0 Å². The Hall–Kier alpha value is -1.31. The van der Waals surface area contributed by atoms with E-state index in [-0.39, 0.29) is 6.10 Å². The predicted octanol–water partition coefficient (Wildman–Crippen LogP) is 5.06. The minimum absolute atomic E-state index is 0.0313. The monoisotopic (exact) mass is 276 g/mol. The summed E-state index contributed by atoms with van der Waals surface area (Å²) in [5.41, 5.74) is 2.31. The molecule has 0 atom stereocenters. The molecule has 0 saturated heterocycles. The molecule has 0 fully saturated rings. The lowest BCUT2D eigenvalue weighted by Gasteiger charge is -2.18. The maximum atomic E-state index is 5.83. The second kappa shape index (κ2) is 9.60. The molecule has 0 aliphatic rings. The fraction of sp³-hybridized carbons (Fsp3) is 0.294. The van der Waals surface area contributed by atoms with E-state index in [1.165, 1.54) is 0 Å². The maximum Gasteiger partial charge on any atom is 0.108 e. The fourth-order valence-corrected chi connectivity index (χ4v) is 1.89. The van der Waals surface area contributed by atoms with Crippen LogP contribution >= 0.6 is 11.6 Å². The number of rotatable bonds is 5. The molecule has 0 spiro atoms. The van der Waals surface area contributed by atoms with Crippen LogP contribution in [-0.2, 0) is 4.74 Å². The lowest BCUT2D eigenvalue weighted by Crippen LogP contribution is -2.07. The van der Waals surface area contributed by atoms with E-state index in [0.717, 1.165) is 11.1 Å². The van der Waals surface area contributed by atoms with Crippen molar-refractivity contribution in [2.24, 2.45) is 0 Å². The first-order chi connectivity index (χ1) is 9.42. The van der Waals surface area contributed by atoms with E-state index in [1.54, 1.807) is 0 Å². The van der Waals surface area contributed by atoms with Crippen molar-refractivity contribution in [1.29, 1.82) is 0 Å². The van der Waals surface area contributed by atoms with E-state index >= 15 is 0 Å². The van der Waals surface area contributed by atoms with E-state index < -0.39 is 0 Å². The van der Waals surface area contributed by atoms with Crippen molar-refractivity contribution < 1.29 is 4.74 Å². The second-order valence-electron chi connectivity index (χ2n) is 3.76. The van der Waals surface area contributed by atoms with Crippen LogP contribution in [0.3, 0.4) is 0 Å². The highest BCUT2D eigenvalue weighted by atomic mass is 35.5. The van der Waals surface area contributed by atoms with E-state index in [4.69, 9.17) is 16.3 Å². The summed E-state index contributed by atoms with van der Waals surface area (Å²) in [6.07, 6.45) is -0.0313. The first-order valence-electron chi connectivity index (χ1n) is 6.69. The summed E-state index contributed by atoms with van der Waals surface area (Å²) in [6.45, 7) is 4.55. The summed E-state index contributed by atoms with van der Waals surface area (Å²) >= 11 is 5.70. The van der Waals surface area contributed by atoms with Crippen molar-refractivity contribution in [3.63, 3.8) is 0 Å². The molecular weight excluding hydrogens is 256 g/mol. The first kappa shape index (κ1) is 15.7. The molecule has 1 nitrogen and oxygen atoms in total. The molecule has 2 heteroatoms. The van der Waals surface area contributed by atoms with Gasteiger partial charge in [0.2, 0.25) is 0 Å². The van der Waals surface area contributed by atoms with Gasteiger partial charge in [0.05, 0.1) is 6.61 Å². The van der Waals surface area contributed by atoms with E-state index in [1.807, 2.05) is 50.2 Å². The van der Waals surface area contributed by atoms with Crippen molar-refractivity contribution in [3.05, 3.63) is 71.8 Å². The Morgan fingerprint density at radius 3 is 1.63 bits per heavy atom. The molecule has 0 aromatic heterocycles. The summed E-state index contributed by atoms with van der Waals surface area (Å²) in [4.78, 5) is 0. The molecule has 102 valence electrons. The minimum Gasteiger partial charge on any atom is -0.368 e. The van der Waals surface area contributed by atoms with Gasteiger partial charge in [-0.3, -0.25) is 0 Å². The van der Waals surface area contributed by atoms with Gasteiger partial charge in [0.1, 0.15) is 6.10 Å². The topological polar surface area (TPSA) is 9.23 Å². The number of hydrogen-bond acceptors (Lipinski definition) is 1. The number of benzene rings is 2. The van der Waals surface area contributed by atoms with Gasteiger partial charge in [-0.15, -0.1) is 11.6 Å². The largest absolute Gasteiger partial charge is 0.368 e. The normalized spacial score (nSPS) is 9.89. The predicted molar refractivity (Wildman–Crippen MR) is 82.7 cm³/mol. The standard InChI is InChI=1S/C15H15ClO.C2H6/c16-11-12-17-15(13-7-3-1-4-8-13)14-9-5-2-6-10-14;1-2/h1-10,15H,11-12H2;1-2H3. The summed E-state index contributed by atoms with van der Waals surface area (Å²) < 4.78 is 5.83. The molecule has 0 N–H and O–H groups in total. The Labute approximate surface area is 121 Å². The lowest BCUT2D eigenvalue weighted by molar-refractivity contribution is 0.0929. The summed E-state index contributed by atoms with van der Waals surface area (Å²) in [5.74, 6) is 0.510. The smallest absolute Gasteiger partial charge is 0.108 e. The minimum atomic E-state index is -0.0313. The number of hydrogen-bond donors (Lipinski definition) is 0. The zero-order chi connectivity index (χ0) is 13.9. The Balaban J connectivity index is 0.000000861. The van der Waals surface area contributed by atoms with Crippen LogP contribution in [-0.4, -0.2) is 12.5 Å². The van der Waals surface area contributed by atoms with Gasteiger partial charge in [-0.05, 0) is 11.1 Å². The van der Waals surface area contributed by atoms with Crippen LogP contribution in [0.15, 0.2) is 60.7 Å². The molecule has 0 bridgehead atoms. The molecule has 2 aromatic carbocycles. The fourth-order valence-electron chi connectivity index (χ4n) is 1.80. The number of alkyl halides is 1. The van der Waals surface area contributed by atoms with Gasteiger partial charge in [-0.1, -0.05) is 74.5 Å². The van der Waals surface area contributed by atoms with Crippen LogP contribution in [0.1, 0.15) is 31.1 Å². The molecule has 0 aliphatic carbocycles. The zero-order valence-corrected chi connectivity index (χ0v) is 12.3. The third-order valence-corrected chi connectivity index (χ3v) is 2.72. The molecule has 19 heavy (non-hydrogen) atoms. The number of halogens is 1. The van der Waals surface area contributed by atoms with Gasteiger partial charge in [0, 0.05) is 5.88 Å². The molecule has 0 radical (unpaired) electrons. The van der Waals surface area contributed by atoms with Gasteiger partial charge in [-0.25, -0.2) is 0 Å². The SMILES string of the molecule is CC.ClCCOC(c1ccccc1)c1ccccc1.